The summed E-state index contributed by atoms with van der Waals surface area (Å²) in [6.07, 6.45) is 1.38. The molecule has 1 aromatic heterocycles. The predicted octanol–water partition coefficient (Wildman–Crippen LogP) is 2.32. The van der Waals surface area contributed by atoms with Gasteiger partial charge >= 0.3 is 0 Å². The number of phenols is 1. The number of thiazole rings is 1. The summed E-state index contributed by atoms with van der Waals surface area (Å²) in [7, 11) is 0. The molecular weight excluding hydrogens is 270 g/mol. The number of nitrogens with one attached hydrogen (secondary N) is 1. The van der Waals surface area contributed by atoms with E-state index in [1.807, 2.05) is 0 Å². The summed E-state index contributed by atoms with van der Waals surface area (Å²) < 4.78 is 0. The van der Waals surface area contributed by atoms with Crippen molar-refractivity contribution in [1.82, 2.24) is 4.98 Å². The number of nitrogens with zero attached hydrogens (tertiary/aromatic N) is 2. The van der Waals surface area contributed by atoms with Gasteiger partial charge < -0.3 is 10.4 Å². The van der Waals surface area contributed by atoms with Crippen LogP contribution in [0.3, 0.4) is 0 Å². The fourth-order valence-electron chi connectivity index (χ4n) is 1.45. The van der Waals surface area contributed by atoms with E-state index >= 15 is 0 Å². The average Bonchev–Trinajstić information content (AvgIpc) is 2.78. The minimum atomic E-state index is -0.673. The fourth-order valence-corrected chi connectivity index (χ4v) is 2.12. The fraction of sp³-hybridized carbons (Fsp3) is 0.0909. The number of carbonyl (C=O) groups excluding carboxylic acids is 1. The number of aromatic nitrogens is 1. The second-order valence-corrected chi connectivity index (χ2v) is 4.86. The maximum Gasteiger partial charge on any atom is 0.296 e. The number of hydrogen-bond acceptors (Lipinski definition) is 6. The van der Waals surface area contributed by atoms with E-state index in [9.17, 15) is 20.0 Å². The van der Waals surface area contributed by atoms with Crippen LogP contribution in [0.15, 0.2) is 24.4 Å². The summed E-state index contributed by atoms with van der Waals surface area (Å²) in [5.74, 6) is -0.904. The Balaban J connectivity index is 2.33. The van der Waals surface area contributed by atoms with Gasteiger partial charge in [-0.1, -0.05) is 6.07 Å². The molecule has 2 N–H and O–H groups in total. The van der Waals surface area contributed by atoms with Crippen molar-refractivity contribution in [3.63, 3.8) is 0 Å². The van der Waals surface area contributed by atoms with Gasteiger partial charge in [0.1, 0.15) is 10.6 Å². The zero-order valence-corrected chi connectivity index (χ0v) is 10.6. The van der Waals surface area contributed by atoms with Gasteiger partial charge in [-0.05, 0) is 13.0 Å². The first kappa shape index (κ1) is 13.0. The molecule has 0 aliphatic heterocycles. The van der Waals surface area contributed by atoms with E-state index in [2.05, 4.69) is 10.3 Å². The highest BCUT2D eigenvalue weighted by molar-refractivity contribution is 7.13. The van der Waals surface area contributed by atoms with Crippen molar-refractivity contribution in [2.75, 3.05) is 5.32 Å². The molecule has 8 heteroatoms. The van der Waals surface area contributed by atoms with Crippen LogP contribution in [0.25, 0.3) is 0 Å². The molecule has 0 atom stereocenters. The Morgan fingerprint density at radius 1 is 1.53 bits per heavy atom. The third kappa shape index (κ3) is 2.68. The van der Waals surface area contributed by atoms with Crippen molar-refractivity contribution in [3.8, 4) is 5.75 Å². The van der Waals surface area contributed by atoms with E-state index in [-0.39, 0.29) is 17.1 Å². The van der Waals surface area contributed by atoms with Gasteiger partial charge in [-0.25, -0.2) is 4.98 Å². The molecule has 7 nitrogen and oxygen atoms in total. The zero-order chi connectivity index (χ0) is 14.0. The molecule has 0 radical (unpaired) electrons. The lowest BCUT2D eigenvalue weighted by Crippen LogP contribution is -2.11. The minimum absolute atomic E-state index is 0.219. The lowest BCUT2D eigenvalue weighted by molar-refractivity contribution is -0.384. The van der Waals surface area contributed by atoms with Crippen LogP contribution in [0.1, 0.15) is 14.7 Å². The molecular formula is C11H9N3O4S. The lowest BCUT2D eigenvalue weighted by Gasteiger charge is -2.06. The van der Waals surface area contributed by atoms with E-state index in [0.29, 0.717) is 9.88 Å². The molecule has 1 amide bonds. The van der Waals surface area contributed by atoms with Gasteiger partial charge in [0.2, 0.25) is 0 Å². The van der Waals surface area contributed by atoms with Gasteiger partial charge in [0, 0.05) is 6.07 Å². The Hall–Kier alpha value is -2.48. The standard InChI is InChI=1S/C11H9N3O4S/c1-6-12-5-9(19-6)11(16)13-10-7(14(17)18)3-2-4-8(10)15/h2-5,15H,1H3,(H,13,16). The van der Waals surface area contributed by atoms with Crippen molar-refractivity contribution in [2.45, 2.75) is 6.92 Å². The van der Waals surface area contributed by atoms with Crippen molar-refractivity contribution in [2.24, 2.45) is 0 Å². The average molecular weight is 279 g/mol. The molecule has 0 unspecified atom stereocenters. The highest BCUT2D eigenvalue weighted by atomic mass is 32.1. The number of aromatic hydroxyl groups is 1. The lowest BCUT2D eigenvalue weighted by atomic mass is 10.2. The largest absolute Gasteiger partial charge is 0.505 e. The molecule has 2 rings (SSSR count). The number of nitro benzene ring substituents is 1. The topological polar surface area (TPSA) is 105 Å². The Morgan fingerprint density at radius 3 is 2.84 bits per heavy atom. The third-order valence-electron chi connectivity index (χ3n) is 2.30. The van der Waals surface area contributed by atoms with Crippen LogP contribution >= 0.6 is 11.3 Å². The maximum absolute atomic E-state index is 11.9. The summed E-state index contributed by atoms with van der Waals surface area (Å²) in [5, 5.41) is 23.5. The minimum Gasteiger partial charge on any atom is -0.505 e. The number of nitro groups is 1. The zero-order valence-electron chi connectivity index (χ0n) is 9.78. The van der Waals surface area contributed by atoms with Gasteiger partial charge in [-0.3, -0.25) is 14.9 Å². The molecule has 19 heavy (non-hydrogen) atoms. The van der Waals surface area contributed by atoms with Crippen LogP contribution in [0.5, 0.6) is 5.75 Å². The number of benzene rings is 1. The smallest absolute Gasteiger partial charge is 0.296 e. The van der Waals surface area contributed by atoms with Crippen molar-refractivity contribution >= 4 is 28.6 Å². The van der Waals surface area contributed by atoms with Crippen LogP contribution < -0.4 is 5.32 Å². The van der Waals surface area contributed by atoms with Crippen LogP contribution in [0.4, 0.5) is 11.4 Å². The Kier molecular flexibility index (Phi) is 3.43. The number of hydrogen-bond donors (Lipinski definition) is 2. The third-order valence-corrected chi connectivity index (χ3v) is 3.21. The van der Waals surface area contributed by atoms with Crippen molar-refractivity contribution in [3.05, 3.63) is 44.4 Å². The number of aryl methyl sites for hydroxylation is 1. The van der Waals surface area contributed by atoms with Crippen LogP contribution in [-0.2, 0) is 0 Å². The highest BCUT2D eigenvalue weighted by Gasteiger charge is 2.20. The van der Waals surface area contributed by atoms with E-state index in [1.165, 1.54) is 24.4 Å². The van der Waals surface area contributed by atoms with Crippen LogP contribution in [-0.4, -0.2) is 20.9 Å². The molecule has 0 bridgehead atoms. The van der Waals surface area contributed by atoms with Gasteiger partial charge in [-0.15, -0.1) is 11.3 Å². The first-order valence-electron chi connectivity index (χ1n) is 5.19. The van der Waals surface area contributed by atoms with Crippen molar-refractivity contribution < 1.29 is 14.8 Å². The van der Waals surface area contributed by atoms with E-state index in [0.717, 1.165) is 11.3 Å². The molecule has 98 valence electrons. The molecule has 0 aliphatic rings. The monoisotopic (exact) mass is 279 g/mol. The molecule has 0 saturated heterocycles. The molecule has 0 aliphatic carbocycles. The highest BCUT2D eigenvalue weighted by Crippen LogP contribution is 2.33. The van der Waals surface area contributed by atoms with Crippen LogP contribution in [0, 0.1) is 17.0 Å². The Bertz CT molecular complexity index is 653. The summed E-state index contributed by atoms with van der Waals surface area (Å²) >= 11 is 1.16. The number of amides is 1. The number of anilines is 1. The second-order valence-electron chi connectivity index (χ2n) is 3.63. The molecule has 1 heterocycles. The molecule has 1 aromatic carbocycles. The molecule has 0 spiro atoms. The van der Waals surface area contributed by atoms with Gasteiger partial charge in [0.15, 0.2) is 5.69 Å². The second kappa shape index (κ2) is 5.02. The maximum atomic E-state index is 11.9. The van der Waals surface area contributed by atoms with Crippen LogP contribution in [0.2, 0.25) is 0 Å². The summed E-state index contributed by atoms with van der Waals surface area (Å²) in [6.45, 7) is 1.74. The van der Waals surface area contributed by atoms with Gasteiger partial charge in [0.25, 0.3) is 11.6 Å². The number of rotatable bonds is 3. The first-order chi connectivity index (χ1) is 8.99. The Labute approximate surface area is 111 Å². The Morgan fingerprint density at radius 2 is 2.26 bits per heavy atom. The first-order valence-corrected chi connectivity index (χ1v) is 6.01. The summed E-state index contributed by atoms with van der Waals surface area (Å²) in [4.78, 5) is 26.3. The number of para-hydroxylation sites is 1. The summed E-state index contributed by atoms with van der Waals surface area (Å²) in [5.41, 5.74) is -0.585. The normalized spacial score (nSPS) is 10.2. The van der Waals surface area contributed by atoms with E-state index < -0.39 is 10.8 Å². The predicted molar refractivity (Wildman–Crippen MR) is 69.6 cm³/mol. The molecule has 0 fully saturated rings. The van der Waals surface area contributed by atoms with E-state index in [4.69, 9.17) is 0 Å². The van der Waals surface area contributed by atoms with Gasteiger partial charge in [-0.2, -0.15) is 0 Å². The number of phenolic OH excluding ortho intramolecular Hbond substituents is 1. The summed E-state index contributed by atoms with van der Waals surface area (Å²) in [6, 6.07) is 3.80. The molecule has 2 aromatic rings. The molecule has 0 saturated carbocycles. The SMILES string of the molecule is Cc1ncc(C(=O)Nc2c(O)cccc2[N+](=O)[O-])s1. The van der Waals surface area contributed by atoms with E-state index in [1.54, 1.807) is 6.92 Å². The van der Waals surface area contributed by atoms with Gasteiger partial charge in [0.05, 0.1) is 16.1 Å². The quantitative estimate of drug-likeness (QED) is 0.509. The van der Waals surface area contributed by atoms with Crippen molar-refractivity contribution in [1.29, 1.82) is 0 Å². The number of carbonyl (C=O) groups is 1.